The lowest BCUT2D eigenvalue weighted by Gasteiger charge is -2.42. The minimum absolute atomic E-state index is 0.0579. The Morgan fingerprint density at radius 1 is 0.837 bits per heavy atom. The first-order valence-electron chi connectivity index (χ1n) is 11.9. The third-order valence-corrected chi connectivity index (χ3v) is 7.34. The van der Waals surface area contributed by atoms with Gasteiger partial charge in [-0.2, -0.15) is 4.33 Å². The topological polar surface area (TPSA) is 210 Å². The van der Waals surface area contributed by atoms with Gasteiger partial charge < -0.3 is 33.9 Å². The lowest BCUT2D eigenvalue weighted by molar-refractivity contribution is -0.777. The Hall–Kier alpha value is -4.45. The highest BCUT2D eigenvalue weighted by Crippen LogP contribution is 2.36. The molecule has 0 bridgehead atoms. The molecule has 2 heterocycles. The second-order valence-electron chi connectivity index (χ2n) is 8.92. The molecule has 16 heteroatoms. The molecule has 0 aliphatic carbocycles. The fourth-order valence-electron chi connectivity index (χ4n) is 3.83. The van der Waals surface area contributed by atoms with Crippen molar-refractivity contribution in [2.75, 3.05) is 0 Å². The predicted molar refractivity (Wildman–Crippen MR) is 136 cm³/mol. The van der Waals surface area contributed by atoms with Crippen LogP contribution in [0.1, 0.15) is 25.0 Å². The van der Waals surface area contributed by atoms with Gasteiger partial charge in [-0.25, -0.2) is 22.8 Å². The lowest BCUT2D eigenvalue weighted by atomic mass is 10.1. The van der Waals surface area contributed by atoms with E-state index in [1.54, 1.807) is 12.1 Å². The summed E-state index contributed by atoms with van der Waals surface area (Å²) in [4.78, 5) is 37.5. The van der Waals surface area contributed by atoms with Crippen LogP contribution in [-0.2, 0) is 64.4 Å². The molecule has 1 atom stereocenters. The number of carbonyl (C=O) groups excluding carboxylic acids is 3. The van der Waals surface area contributed by atoms with Crippen LogP contribution >= 0.6 is 12.0 Å². The first-order valence-corrected chi connectivity index (χ1v) is 14.1. The molecule has 0 radical (unpaired) electrons. The Morgan fingerprint density at radius 3 is 2.07 bits per heavy atom. The summed E-state index contributed by atoms with van der Waals surface area (Å²) < 4.78 is 59.4. The maximum absolute atomic E-state index is 12.6. The normalized spacial score (nSPS) is 22.8. The van der Waals surface area contributed by atoms with Crippen LogP contribution in [0.4, 0.5) is 0 Å². The largest absolute Gasteiger partial charge is 0.744 e. The maximum atomic E-state index is 12.6. The van der Waals surface area contributed by atoms with E-state index in [1.807, 2.05) is 0 Å². The highest BCUT2D eigenvalue weighted by atomic mass is 32.2. The van der Waals surface area contributed by atoms with E-state index < -0.39 is 61.6 Å². The minimum atomic E-state index is -4.82. The fourth-order valence-corrected chi connectivity index (χ4v) is 4.76. The molecule has 43 heavy (non-hydrogen) atoms. The highest BCUT2D eigenvalue weighted by Gasteiger charge is 2.44. The van der Waals surface area contributed by atoms with Crippen molar-refractivity contribution < 1.29 is 66.0 Å². The third-order valence-electron chi connectivity index (χ3n) is 5.94. The van der Waals surface area contributed by atoms with Gasteiger partial charge in [0.05, 0.1) is 28.5 Å². The Morgan fingerprint density at radius 2 is 1.44 bits per heavy atom. The summed E-state index contributed by atoms with van der Waals surface area (Å²) in [5, 5.41) is 25.9. The van der Waals surface area contributed by atoms with Crippen molar-refractivity contribution in [3.05, 3.63) is 107 Å². The molecule has 14 nitrogen and oxygen atoms in total. The number of esters is 3. The summed E-state index contributed by atoms with van der Waals surface area (Å²) in [6.45, 7) is 2.55. The monoisotopic (exact) mass is 631 g/mol. The standard InChI is InChI=1S/C27H22O14S2/c1-26(16-8-6-10-18(14-16)42-41-40-32)36-22(28)20(23(29)37-26)12-4-3-5-13-21-24(30)38-27(2,39-25(21)31)17-9-7-11-19(15-17)43(33,34)35/h3-15,30,32H,1-2H3,(H,33,34,35)/p-3/b4-3+,13-5+,20-12?. The average molecular weight is 632 g/mol. The number of carbonyl (C=O) groups is 3. The summed E-state index contributed by atoms with van der Waals surface area (Å²) in [6, 6.07) is 10.6. The predicted octanol–water partition coefficient (Wildman–Crippen LogP) is 1.15. The summed E-state index contributed by atoms with van der Waals surface area (Å²) >= 11 is 0.593. The van der Waals surface area contributed by atoms with Crippen LogP contribution in [-0.4, -0.2) is 30.9 Å². The zero-order chi connectivity index (χ0) is 31.4. The Balaban J connectivity index is 1.44. The zero-order valence-corrected chi connectivity index (χ0v) is 23.7. The van der Waals surface area contributed by atoms with E-state index in [0.717, 1.165) is 24.3 Å². The summed E-state index contributed by atoms with van der Waals surface area (Å²) in [5.41, 5.74) is -0.744. The van der Waals surface area contributed by atoms with Crippen LogP contribution in [0.5, 0.6) is 0 Å². The van der Waals surface area contributed by atoms with E-state index in [2.05, 4.69) is 9.37 Å². The van der Waals surface area contributed by atoms with Gasteiger partial charge in [-0.15, -0.1) is 0 Å². The molecular formula is C27H19O14S2-3. The van der Waals surface area contributed by atoms with E-state index in [0.29, 0.717) is 16.9 Å². The molecule has 2 aliphatic rings. The van der Waals surface area contributed by atoms with E-state index in [-0.39, 0.29) is 11.1 Å². The van der Waals surface area contributed by atoms with Gasteiger partial charge in [0.1, 0.15) is 15.7 Å². The van der Waals surface area contributed by atoms with Crippen LogP contribution in [0.3, 0.4) is 0 Å². The second kappa shape index (κ2) is 12.4. The summed E-state index contributed by atoms with van der Waals surface area (Å²) in [5.74, 6) is -7.95. The molecule has 226 valence electrons. The minimum Gasteiger partial charge on any atom is -0.744 e. The van der Waals surface area contributed by atoms with Crippen molar-refractivity contribution in [1.29, 1.82) is 0 Å². The number of cyclic esters (lactones) is 3. The lowest BCUT2D eigenvalue weighted by Crippen LogP contribution is -2.42. The molecule has 0 spiro atoms. The maximum Gasteiger partial charge on any atom is 0.349 e. The molecule has 2 aromatic carbocycles. The van der Waals surface area contributed by atoms with Crippen LogP contribution < -0.4 is 10.4 Å². The smallest absolute Gasteiger partial charge is 0.349 e. The van der Waals surface area contributed by atoms with Crippen molar-refractivity contribution in [1.82, 2.24) is 0 Å². The molecule has 0 aromatic heterocycles. The van der Waals surface area contributed by atoms with Gasteiger partial charge in [0, 0.05) is 22.9 Å². The number of hydrogen-bond acceptors (Lipinski definition) is 15. The van der Waals surface area contributed by atoms with E-state index in [4.69, 9.17) is 18.9 Å². The van der Waals surface area contributed by atoms with Crippen LogP contribution in [0, 0.1) is 0 Å². The van der Waals surface area contributed by atoms with Crippen LogP contribution in [0.25, 0.3) is 0 Å². The molecule has 4 rings (SSSR count). The van der Waals surface area contributed by atoms with Gasteiger partial charge in [0.25, 0.3) is 5.79 Å². The third kappa shape index (κ3) is 7.14. The summed E-state index contributed by atoms with van der Waals surface area (Å²) in [6.07, 6.45) is 5.90. The van der Waals surface area contributed by atoms with Gasteiger partial charge in [-0.05, 0) is 43.3 Å². The molecule has 1 saturated heterocycles. The number of benzene rings is 2. The van der Waals surface area contributed by atoms with Gasteiger partial charge in [-0.1, -0.05) is 42.5 Å². The average Bonchev–Trinajstić information content (AvgIpc) is 2.94. The van der Waals surface area contributed by atoms with Crippen molar-refractivity contribution >= 4 is 40.1 Å². The molecule has 0 saturated carbocycles. The van der Waals surface area contributed by atoms with Crippen molar-refractivity contribution in [2.24, 2.45) is 0 Å². The first kappa shape index (κ1) is 31.5. The van der Waals surface area contributed by atoms with Crippen molar-refractivity contribution in [3.63, 3.8) is 0 Å². The van der Waals surface area contributed by atoms with Gasteiger partial charge >= 0.3 is 17.9 Å². The van der Waals surface area contributed by atoms with Gasteiger partial charge in [0.15, 0.2) is 5.79 Å². The molecule has 0 N–H and O–H groups in total. The Labute approximate surface area is 248 Å². The van der Waals surface area contributed by atoms with E-state index in [9.17, 15) is 37.7 Å². The van der Waals surface area contributed by atoms with Crippen molar-refractivity contribution in [2.45, 2.75) is 35.2 Å². The second-order valence-corrected chi connectivity index (χ2v) is 11.1. The number of allylic oxidation sites excluding steroid dienone is 4. The Kier molecular flexibility index (Phi) is 9.09. The quantitative estimate of drug-likeness (QED) is 0.0555. The number of hydrogen-bond donors (Lipinski definition) is 0. The summed E-state index contributed by atoms with van der Waals surface area (Å²) in [7, 11) is -4.82. The molecular weight excluding hydrogens is 612 g/mol. The highest BCUT2D eigenvalue weighted by molar-refractivity contribution is 7.94. The SMILES string of the molecule is CC1(c2cccc(SOO[O-])c2)OC(=O)C(=C/C=C/C=C/C2=C([O-])OC(C)(c3cccc(S(=O)(=O)[O-])c3)OC2=O)C(=O)O1. The number of rotatable bonds is 9. The molecule has 2 aromatic rings. The zero-order valence-electron chi connectivity index (χ0n) is 22.0. The van der Waals surface area contributed by atoms with E-state index >= 15 is 0 Å². The first-order chi connectivity index (χ1) is 20.3. The fraction of sp³-hybridized carbons (Fsp3) is 0.148. The Bertz CT molecular complexity index is 1670. The molecule has 0 amide bonds. The van der Waals surface area contributed by atoms with Crippen LogP contribution in [0.2, 0.25) is 0 Å². The van der Waals surface area contributed by atoms with Crippen molar-refractivity contribution in [3.8, 4) is 0 Å². The van der Waals surface area contributed by atoms with Gasteiger partial charge in [-0.3, -0.25) is 5.04 Å². The van der Waals surface area contributed by atoms with Crippen LogP contribution in [0.15, 0.2) is 106 Å². The molecule has 1 unspecified atom stereocenters. The molecule has 1 fully saturated rings. The number of ether oxygens (including phenoxy) is 4. The van der Waals surface area contributed by atoms with Gasteiger partial charge in [0.2, 0.25) is 0 Å². The van der Waals surface area contributed by atoms with E-state index in [1.165, 1.54) is 56.3 Å². The molecule has 2 aliphatic heterocycles.